The first-order chi connectivity index (χ1) is 11.6. The van der Waals surface area contributed by atoms with Crippen molar-refractivity contribution in [3.63, 3.8) is 0 Å². The molecule has 0 aliphatic carbocycles. The van der Waals surface area contributed by atoms with Crippen molar-refractivity contribution >= 4 is 5.78 Å². The van der Waals surface area contributed by atoms with Gasteiger partial charge in [0, 0.05) is 18.7 Å². The molecule has 1 fully saturated rings. The van der Waals surface area contributed by atoms with Crippen LogP contribution in [0.2, 0.25) is 0 Å². The Morgan fingerprint density at radius 2 is 1.67 bits per heavy atom. The normalized spacial score (nSPS) is 18.0. The predicted molar refractivity (Wildman–Crippen MR) is 95.9 cm³/mol. The highest BCUT2D eigenvalue weighted by atomic mass is 16.3. The van der Waals surface area contributed by atoms with Gasteiger partial charge in [0.2, 0.25) is 0 Å². The molecule has 2 aromatic rings. The van der Waals surface area contributed by atoms with Crippen molar-refractivity contribution in [2.45, 2.75) is 32.9 Å². The molecule has 1 aliphatic rings. The van der Waals surface area contributed by atoms with Gasteiger partial charge in [0.05, 0.1) is 6.61 Å². The zero-order chi connectivity index (χ0) is 16.9. The lowest BCUT2D eigenvalue weighted by molar-refractivity contribution is 0.101. The third kappa shape index (κ3) is 4.31. The molecule has 0 amide bonds. The maximum atomic E-state index is 11.3. The van der Waals surface area contributed by atoms with Crippen molar-refractivity contribution in [2.24, 2.45) is 5.92 Å². The lowest BCUT2D eigenvalue weighted by atomic mass is 9.98. The average Bonchev–Trinajstić information content (AvgIpc) is 3.03. The van der Waals surface area contributed by atoms with Crippen LogP contribution in [-0.2, 0) is 19.6 Å². The molecule has 3 heteroatoms. The van der Waals surface area contributed by atoms with Crippen LogP contribution >= 0.6 is 0 Å². The molecule has 0 unspecified atom stereocenters. The quantitative estimate of drug-likeness (QED) is 0.828. The number of likely N-dealkylation sites (tertiary alicyclic amines) is 1. The van der Waals surface area contributed by atoms with E-state index in [9.17, 15) is 4.79 Å². The molecule has 126 valence electrons. The van der Waals surface area contributed by atoms with E-state index in [1.807, 2.05) is 24.3 Å². The van der Waals surface area contributed by atoms with Crippen LogP contribution in [0.3, 0.4) is 0 Å². The van der Waals surface area contributed by atoms with E-state index in [0.29, 0.717) is 5.92 Å². The zero-order valence-corrected chi connectivity index (χ0v) is 14.2. The molecule has 3 rings (SSSR count). The first kappa shape index (κ1) is 16.9. The number of aliphatic hydroxyl groups is 1. The van der Waals surface area contributed by atoms with Crippen molar-refractivity contribution in [3.8, 4) is 0 Å². The van der Waals surface area contributed by atoms with E-state index in [2.05, 4.69) is 29.2 Å². The maximum absolute atomic E-state index is 11.3. The van der Waals surface area contributed by atoms with Gasteiger partial charge in [0.25, 0.3) is 0 Å². The number of carbonyl (C=O) groups excluding carboxylic acids is 1. The first-order valence-corrected chi connectivity index (χ1v) is 8.65. The van der Waals surface area contributed by atoms with Crippen LogP contribution in [0, 0.1) is 5.92 Å². The second-order valence-corrected chi connectivity index (χ2v) is 6.82. The fourth-order valence-corrected chi connectivity index (χ4v) is 3.44. The van der Waals surface area contributed by atoms with Gasteiger partial charge in [0.15, 0.2) is 5.78 Å². The standard InChI is InChI=1S/C21H25NO2/c1-16(24)21-8-6-18(7-9-21)13-22-11-10-20(14-22)12-17-2-4-19(15-23)5-3-17/h2-9,20,23H,10-15H2,1H3/t20-/m0/s1. The molecule has 1 atom stereocenters. The van der Waals surface area contributed by atoms with E-state index in [1.165, 1.54) is 17.5 Å². The minimum atomic E-state index is 0.111. The maximum Gasteiger partial charge on any atom is 0.159 e. The van der Waals surface area contributed by atoms with Gasteiger partial charge in [-0.25, -0.2) is 0 Å². The molecule has 1 aliphatic heterocycles. The summed E-state index contributed by atoms with van der Waals surface area (Å²) in [6, 6.07) is 16.3. The second kappa shape index (κ2) is 7.73. The third-order valence-electron chi connectivity index (χ3n) is 4.87. The Bertz CT molecular complexity index is 676. The molecule has 1 saturated heterocycles. The number of aliphatic hydroxyl groups excluding tert-OH is 1. The summed E-state index contributed by atoms with van der Waals surface area (Å²) in [5.74, 6) is 0.816. The minimum absolute atomic E-state index is 0.111. The number of carbonyl (C=O) groups is 1. The van der Waals surface area contributed by atoms with Gasteiger partial charge in [-0.15, -0.1) is 0 Å². The predicted octanol–water partition coefficient (Wildman–Crippen LogP) is 3.45. The van der Waals surface area contributed by atoms with E-state index in [0.717, 1.165) is 37.2 Å². The smallest absolute Gasteiger partial charge is 0.159 e. The van der Waals surface area contributed by atoms with Crippen molar-refractivity contribution in [3.05, 3.63) is 70.8 Å². The van der Waals surface area contributed by atoms with Gasteiger partial charge in [-0.2, -0.15) is 0 Å². The van der Waals surface area contributed by atoms with Crippen LogP contribution in [0.5, 0.6) is 0 Å². The molecule has 24 heavy (non-hydrogen) atoms. The van der Waals surface area contributed by atoms with Gasteiger partial charge in [0.1, 0.15) is 0 Å². The molecule has 0 radical (unpaired) electrons. The average molecular weight is 323 g/mol. The van der Waals surface area contributed by atoms with E-state index in [4.69, 9.17) is 5.11 Å². The molecule has 3 nitrogen and oxygen atoms in total. The third-order valence-corrected chi connectivity index (χ3v) is 4.87. The number of hydrogen-bond donors (Lipinski definition) is 1. The lowest BCUT2D eigenvalue weighted by Gasteiger charge is -2.16. The molecule has 0 spiro atoms. The van der Waals surface area contributed by atoms with Gasteiger partial charge >= 0.3 is 0 Å². The summed E-state index contributed by atoms with van der Waals surface area (Å²) in [5, 5.41) is 9.11. The topological polar surface area (TPSA) is 40.5 Å². The number of benzene rings is 2. The summed E-state index contributed by atoms with van der Waals surface area (Å²) in [6.45, 7) is 4.93. The van der Waals surface area contributed by atoms with E-state index in [1.54, 1.807) is 6.92 Å². The highest BCUT2D eigenvalue weighted by molar-refractivity contribution is 5.93. The molecule has 0 aromatic heterocycles. The largest absolute Gasteiger partial charge is 0.392 e. The van der Waals surface area contributed by atoms with Crippen LogP contribution in [0.1, 0.15) is 40.4 Å². The minimum Gasteiger partial charge on any atom is -0.392 e. The van der Waals surface area contributed by atoms with Gasteiger partial charge < -0.3 is 5.11 Å². The van der Waals surface area contributed by atoms with Crippen LogP contribution in [0.25, 0.3) is 0 Å². The molecular formula is C21H25NO2. The molecular weight excluding hydrogens is 298 g/mol. The SMILES string of the molecule is CC(=O)c1ccc(CN2CC[C@@H](Cc3ccc(CO)cc3)C2)cc1. The molecule has 0 saturated carbocycles. The number of rotatable bonds is 6. The highest BCUT2D eigenvalue weighted by Crippen LogP contribution is 2.23. The number of ketones is 1. The van der Waals surface area contributed by atoms with Gasteiger partial charge in [-0.3, -0.25) is 9.69 Å². The fraction of sp³-hybridized carbons (Fsp3) is 0.381. The van der Waals surface area contributed by atoms with E-state index in [-0.39, 0.29) is 12.4 Å². The van der Waals surface area contributed by atoms with Crippen LogP contribution in [0.4, 0.5) is 0 Å². The van der Waals surface area contributed by atoms with Gasteiger partial charge in [-0.05, 0) is 48.9 Å². The summed E-state index contributed by atoms with van der Waals surface area (Å²) in [4.78, 5) is 13.8. The van der Waals surface area contributed by atoms with Crippen LogP contribution in [0.15, 0.2) is 48.5 Å². The Hall–Kier alpha value is -1.97. The fourth-order valence-electron chi connectivity index (χ4n) is 3.44. The van der Waals surface area contributed by atoms with Crippen molar-refractivity contribution < 1.29 is 9.90 Å². The summed E-state index contributed by atoms with van der Waals surface area (Å²) < 4.78 is 0. The number of nitrogens with zero attached hydrogens (tertiary/aromatic N) is 1. The summed E-state index contributed by atoms with van der Waals surface area (Å²) in [5.41, 5.74) is 4.38. The lowest BCUT2D eigenvalue weighted by Crippen LogP contribution is -2.20. The highest BCUT2D eigenvalue weighted by Gasteiger charge is 2.22. The second-order valence-electron chi connectivity index (χ2n) is 6.82. The Kier molecular flexibility index (Phi) is 5.44. The Morgan fingerprint density at radius 1 is 1.04 bits per heavy atom. The Morgan fingerprint density at radius 3 is 2.29 bits per heavy atom. The summed E-state index contributed by atoms with van der Waals surface area (Å²) >= 11 is 0. The summed E-state index contributed by atoms with van der Waals surface area (Å²) in [7, 11) is 0. The molecule has 0 bridgehead atoms. The van der Waals surface area contributed by atoms with Crippen molar-refractivity contribution in [2.75, 3.05) is 13.1 Å². The van der Waals surface area contributed by atoms with Crippen molar-refractivity contribution in [1.29, 1.82) is 0 Å². The number of Topliss-reactive ketones (excluding diaryl/α,β-unsaturated/α-hetero) is 1. The Labute approximate surface area is 143 Å². The molecule has 2 aromatic carbocycles. The molecule has 1 heterocycles. The van der Waals surface area contributed by atoms with Crippen molar-refractivity contribution in [1.82, 2.24) is 4.90 Å². The van der Waals surface area contributed by atoms with Gasteiger partial charge in [-0.1, -0.05) is 48.5 Å². The van der Waals surface area contributed by atoms with Crippen LogP contribution < -0.4 is 0 Å². The van der Waals surface area contributed by atoms with Crippen LogP contribution in [-0.4, -0.2) is 28.9 Å². The van der Waals surface area contributed by atoms with E-state index < -0.39 is 0 Å². The summed E-state index contributed by atoms with van der Waals surface area (Å²) in [6.07, 6.45) is 2.33. The monoisotopic (exact) mass is 323 g/mol. The number of hydrogen-bond acceptors (Lipinski definition) is 3. The van der Waals surface area contributed by atoms with E-state index >= 15 is 0 Å². The zero-order valence-electron chi connectivity index (χ0n) is 14.2. The molecule has 1 N–H and O–H groups in total. The Balaban J connectivity index is 1.52. The first-order valence-electron chi connectivity index (χ1n) is 8.65.